The molecule has 1 aromatic heterocycles. The van der Waals surface area contributed by atoms with Gasteiger partial charge in [-0.25, -0.2) is 4.63 Å². The fourth-order valence-corrected chi connectivity index (χ4v) is 3.63. The van der Waals surface area contributed by atoms with E-state index in [0.717, 1.165) is 24.1 Å². The Morgan fingerprint density at radius 3 is 2.56 bits per heavy atom. The van der Waals surface area contributed by atoms with Crippen molar-refractivity contribution < 1.29 is 23.6 Å². The van der Waals surface area contributed by atoms with Crippen LogP contribution < -0.4 is 24.8 Å². The van der Waals surface area contributed by atoms with Gasteiger partial charge in [0, 0.05) is 23.3 Å². The summed E-state index contributed by atoms with van der Waals surface area (Å²) in [6, 6.07) is 3.14. The van der Waals surface area contributed by atoms with Crippen molar-refractivity contribution >= 4 is 17.4 Å². The van der Waals surface area contributed by atoms with Crippen LogP contribution in [-0.4, -0.2) is 37.4 Å². The third-order valence-corrected chi connectivity index (χ3v) is 4.83. The second-order valence-corrected chi connectivity index (χ2v) is 6.26. The van der Waals surface area contributed by atoms with Crippen molar-refractivity contribution in [2.45, 2.75) is 25.3 Å². The first-order valence-electron chi connectivity index (χ1n) is 8.59. The SMILES string of the molecule is COc1ccc(C2Nc3nonc3NC3=C2C(=O)CCC3)c(OC)c1OC. The Hall–Kier alpha value is -3.23. The van der Waals surface area contributed by atoms with Crippen molar-refractivity contribution in [2.75, 3.05) is 32.0 Å². The predicted octanol–water partition coefficient (Wildman–Crippen LogP) is 2.68. The van der Waals surface area contributed by atoms with E-state index in [1.807, 2.05) is 6.07 Å². The molecule has 142 valence electrons. The van der Waals surface area contributed by atoms with Crippen LogP contribution in [0.4, 0.5) is 11.6 Å². The molecular formula is C18H20N4O5. The number of benzene rings is 1. The third-order valence-electron chi connectivity index (χ3n) is 4.83. The van der Waals surface area contributed by atoms with E-state index in [2.05, 4.69) is 20.9 Å². The zero-order chi connectivity index (χ0) is 19.0. The summed E-state index contributed by atoms with van der Waals surface area (Å²) in [5, 5.41) is 14.3. The number of Topliss-reactive ketones (excluding diaryl/α,β-unsaturated/α-hetero) is 1. The van der Waals surface area contributed by atoms with Crippen LogP contribution in [0, 0.1) is 0 Å². The first-order valence-corrected chi connectivity index (χ1v) is 8.59. The Morgan fingerprint density at radius 2 is 1.81 bits per heavy atom. The second-order valence-electron chi connectivity index (χ2n) is 6.26. The van der Waals surface area contributed by atoms with E-state index >= 15 is 0 Å². The highest BCUT2D eigenvalue weighted by atomic mass is 16.6. The Balaban J connectivity index is 1.92. The molecule has 0 amide bonds. The van der Waals surface area contributed by atoms with E-state index < -0.39 is 6.04 Å². The van der Waals surface area contributed by atoms with Gasteiger partial charge in [-0.15, -0.1) is 0 Å². The van der Waals surface area contributed by atoms with Gasteiger partial charge in [0.2, 0.25) is 17.4 Å². The smallest absolute Gasteiger partial charge is 0.219 e. The number of aromatic nitrogens is 2. The van der Waals surface area contributed by atoms with Crippen LogP contribution in [0.3, 0.4) is 0 Å². The highest BCUT2D eigenvalue weighted by Crippen LogP contribution is 2.47. The Morgan fingerprint density at radius 1 is 1.04 bits per heavy atom. The number of allylic oxidation sites excluding steroid dienone is 1. The van der Waals surface area contributed by atoms with Crippen LogP contribution in [0.5, 0.6) is 17.2 Å². The van der Waals surface area contributed by atoms with E-state index in [4.69, 9.17) is 18.8 Å². The standard InChI is InChI=1S/C18H20N4O5/c1-24-12-8-7-9(15(25-2)16(12)26-3)14-13-10(5-4-6-11(13)23)19-17-18(20-14)22-27-21-17/h7-8,14H,4-6H2,1-3H3,(H,19,21)(H,20,22). The molecule has 1 atom stereocenters. The molecule has 0 fully saturated rings. The molecule has 2 aromatic rings. The molecule has 2 aliphatic rings. The highest BCUT2D eigenvalue weighted by Gasteiger charge is 2.36. The summed E-state index contributed by atoms with van der Waals surface area (Å²) < 4.78 is 21.3. The number of anilines is 2. The van der Waals surface area contributed by atoms with Gasteiger partial charge in [0.1, 0.15) is 0 Å². The van der Waals surface area contributed by atoms with Crippen LogP contribution in [0.1, 0.15) is 30.9 Å². The second kappa shape index (κ2) is 6.82. The van der Waals surface area contributed by atoms with Gasteiger partial charge in [-0.2, -0.15) is 0 Å². The maximum absolute atomic E-state index is 12.8. The minimum Gasteiger partial charge on any atom is -0.493 e. The van der Waals surface area contributed by atoms with Crippen LogP contribution >= 0.6 is 0 Å². The largest absolute Gasteiger partial charge is 0.493 e. The maximum atomic E-state index is 12.8. The number of fused-ring (bicyclic) bond motifs is 1. The molecule has 0 bridgehead atoms. The topological polar surface area (TPSA) is 108 Å². The molecule has 27 heavy (non-hydrogen) atoms. The molecule has 4 rings (SSSR count). The number of carbonyl (C=O) groups is 1. The minimum absolute atomic E-state index is 0.0696. The summed E-state index contributed by atoms with van der Waals surface area (Å²) in [5.74, 6) is 2.44. The number of hydrogen-bond donors (Lipinski definition) is 2. The van der Waals surface area contributed by atoms with E-state index in [1.54, 1.807) is 27.4 Å². The van der Waals surface area contributed by atoms with Gasteiger partial charge in [0.05, 0.1) is 27.4 Å². The molecule has 1 aromatic carbocycles. The average Bonchev–Trinajstić information content (AvgIpc) is 3.05. The minimum atomic E-state index is -0.497. The van der Waals surface area contributed by atoms with Crippen molar-refractivity contribution in [3.05, 3.63) is 29.0 Å². The van der Waals surface area contributed by atoms with Gasteiger partial charge in [-0.3, -0.25) is 4.79 Å². The van der Waals surface area contributed by atoms with Gasteiger partial charge >= 0.3 is 0 Å². The highest BCUT2D eigenvalue weighted by molar-refractivity contribution is 6.00. The summed E-state index contributed by atoms with van der Waals surface area (Å²) in [6.45, 7) is 0. The number of ether oxygens (including phenoxy) is 3. The van der Waals surface area contributed by atoms with E-state index in [-0.39, 0.29) is 5.78 Å². The molecule has 0 radical (unpaired) electrons. The van der Waals surface area contributed by atoms with Crippen LogP contribution in [0.15, 0.2) is 28.0 Å². The molecule has 9 nitrogen and oxygen atoms in total. The summed E-state index contributed by atoms with van der Waals surface area (Å²) in [7, 11) is 4.66. The first-order chi connectivity index (χ1) is 13.2. The van der Waals surface area contributed by atoms with Crippen molar-refractivity contribution in [3.8, 4) is 17.2 Å². The molecule has 9 heteroatoms. The number of carbonyl (C=O) groups excluding carboxylic acids is 1. The summed E-state index contributed by atoms with van der Waals surface area (Å²) >= 11 is 0. The van der Waals surface area contributed by atoms with Gasteiger partial charge in [0.15, 0.2) is 17.3 Å². The van der Waals surface area contributed by atoms with Gasteiger partial charge < -0.3 is 24.8 Å². The molecule has 1 aliphatic heterocycles. The average molecular weight is 372 g/mol. The summed E-state index contributed by atoms with van der Waals surface area (Å²) in [4.78, 5) is 12.8. The van der Waals surface area contributed by atoms with E-state index in [0.29, 0.717) is 40.9 Å². The van der Waals surface area contributed by atoms with Crippen molar-refractivity contribution in [3.63, 3.8) is 0 Å². The lowest BCUT2D eigenvalue weighted by Crippen LogP contribution is -2.24. The van der Waals surface area contributed by atoms with Gasteiger partial charge in [-0.05, 0) is 35.3 Å². The number of rotatable bonds is 4. The Bertz CT molecular complexity index is 920. The van der Waals surface area contributed by atoms with Crippen LogP contribution in [0.25, 0.3) is 0 Å². The quantitative estimate of drug-likeness (QED) is 0.837. The van der Waals surface area contributed by atoms with Crippen molar-refractivity contribution in [1.82, 2.24) is 10.3 Å². The molecule has 0 saturated carbocycles. The number of nitrogens with zero attached hydrogens (tertiary/aromatic N) is 2. The summed E-state index contributed by atoms with van der Waals surface area (Å²) in [6.07, 6.45) is 2.01. The Kier molecular flexibility index (Phi) is 4.35. The molecule has 2 N–H and O–H groups in total. The molecule has 0 saturated heterocycles. The zero-order valence-corrected chi connectivity index (χ0v) is 15.3. The van der Waals surface area contributed by atoms with E-state index in [1.165, 1.54) is 0 Å². The molecular weight excluding hydrogens is 352 g/mol. The maximum Gasteiger partial charge on any atom is 0.219 e. The van der Waals surface area contributed by atoms with Crippen LogP contribution in [0.2, 0.25) is 0 Å². The zero-order valence-electron chi connectivity index (χ0n) is 15.3. The number of methoxy groups -OCH3 is 3. The first kappa shape index (κ1) is 17.2. The van der Waals surface area contributed by atoms with E-state index in [9.17, 15) is 4.79 Å². The summed E-state index contributed by atoms with van der Waals surface area (Å²) in [5.41, 5.74) is 2.19. The Labute approximate surface area is 155 Å². The van der Waals surface area contributed by atoms with Crippen molar-refractivity contribution in [1.29, 1.82) is 0 Å². The monoisotopic (exact) mass is 372 g/mol. The van der Waals surface area contributed by atoms with Gasteiger partial charge in [-0.1, -0.05) is 0 Å². The lowest BCUT2D eigenvalue weighted by atomic mass is 9.86. The molecule has 1 unspecified atom stereocenters. The van der Waals surface area contributed by atoms with Gasteiger partial charge in [0.25, 0.3) is 0 Å². The molecule has 1 aliphatic carbocycles. The fraction of sp³-hybridized carbons (Fsp3) is 0.389. The lowest BCUT2D eigenvalue weighted by Gasteiger charge is -2.27. The molecule has 2 heterocycles. The molecule has 0 spiro atoms. The fourth-order valence-electron chi connectivity index (χ4n) is 3.63. The normalized spacial score (nSPS) is 18.6. The number of hydrogen-bond acceptors (Lipinski definition) is 9. The number of nitrogens with one attached hydrogen (secondary N) is 2. The predicted molar refractivity (Wildman–Crippen MR) is 96.3 cm³/mol. The van der Waals surface area contributed by atoms with Crippen LogP contribution in [-0.2, 0) is 4.79 Å². The third kappa shape index (κ3) is 2.75. The lowest BCUT2D eigenvalue weighted by molar-refractivity contribution is -0.116. The van der Waals surface area contributed by atoms with Crippen molar-refractivity contribution in [2.24, 2.45) is 0 Å². The number of ketones is 1.